The molecular weight excluding hydrogens is 358 g/mol. The Balaban J connectivity index is 1.63. The molecule has 0 aliphatic heterocycles. The minimum absolute atomic E-state index is 0.485. The topological polar surface area (TPSA) is 74.8 Å². The number of anilines is 1. The van der Waals surface area contributed by atoms with Crippen molar-refractivity contribution in [3.63, 3.8) is 0 Å². The van der Waals surface area contributed by atoms with Gasteiger partial charge in [-0.3, -0.25) is 9.82 Å². The first-order valence-corrected chi connectivity index (χ1v) is 9.95. The first-order chi connectivity index (χ1) is 13.1. The van der Waals surface area contributed by atoms with E-state index >= 15 is 0 Å². The standard InChI is InChI=1S/C21H17N3O2S/c25-27(26,14-13-16-7-3-1-4-8-16)24-18-11-12-20-19(15-18)21(23-22-20)17-9-5-2-6-10-17/h1-15,24H,(H,22,23)/b14-13+. The van der Waals surface area contributed by atoms with Gasteiger partial charge in [0.15, 0.2) is 0 Å². The summed E-state index contributed by atoms with van der Waals surface area (Å²) >= 11 is 0. The summed E-state index contributed by atoms with van der Waals surface area (Å²) in [7, 11) is -3.62. The van der Waals surface area contributed by atoms with Gasteiger partial charge in [0.2, 0.25) is 0 Å². The van der Waals surface area contributed by atoms with Crippen molar-refractivity contribution in [2.24, 2.45) is 0 Å². The number of H-pyrrole nitrogens is 1. The molecule has 0 radical (unpaired) electrons. The third kappa shape index (κ3) is 3.91. The van der Waals surface area contributed by atoms with Gasteiger partial charge in [-0.05, 0) is 29.8 Å². The van der Waals surface area contributed by atoms with Gasteiger partial charge in [0.25, 0.3) is 10.0 Å². The lowest BCUT2D eigenvalue weighted by Crippen LogP contribution is -2.08. The molecule has 0 aliphatic rings. The van der Waals surface area contributed by atoms with E-state index in [0.717, 1.165) is 27.7 Å². The van der Waals surface area contributed by atoms with Gasteiger partial charge in [-0.1, -0.05) is 60.7 Å². The normalized spacial score (nSPS) is 11.9. The van der Waals surface area contributed by atoms with Crippen molar-refractivity contribution >= 4 is 32.7 Å². The quantitative estimate of drug-likeness (QED) is 0.533. The second-order valence-corrected chi connectivity index (χ2v) is 7.63. The van der Waals surface area contributed by atoms with E-state index in [-0.39, 0.29) is 0 Å². The van der Waals surface area contributed by atoms with Crippen LogP contribution in [0.3, 0.4) is 0 Å². The highest BCUT2D eigenvalue weighted by Crippen LogP contribution is 2.28. The van der Waals surface area contributed by atoms with Crippen LogP contribution in [0.5, 0.6) is 0 Å². The lowest BCUT2D eigenvalue weighted by Gasteiger charge is -2.05. The molecule has 5 nitrogen and oxygen atoms in total. The summed E-state index contributed by atoms with van der Waals surface area (Å²) in [6.45, 7) is 0. The highest BCUT2D eigenvalue weighted by molar-refractivity contribution is 7.95. The Morgan fingerprint density at radius 1 is 0.889 bits per heavy atom. The predicted octanol–water partition coefficient (Wildman–Crippen LogP) is 4.64. The molecule has 0 bridgehead atoms. The molecule has 2 N–H and O–H groups in total. The number of fused-ring (bicyclic) bond motifs is 1. The van der Waals surface area contributed by atoms with Crippen molar-refractivity contribution in [3.8, 4) is 11.3 Å². The first-order valence-electron chi connectivity index (χ1n) is 8.40. The second-order valence-electron chi connectivity index (χ2n) is 6.06. The fraction of sp³-hybridized carbons (Fsp3) is 0. The number of benzene rings is 3. The van der Waals surface area contributed by atoms with Crippen LogP contribution in [0.1, 0.15) is 5.56 Å². The molecule has 1 heterocycles. The molecule has 27 heavy (non-hydrogen) atoms. The number of hydrogen-bond acceptors (Lipinski definition) is 3. The van der Waals surface area contributed by atoms with Crippen LogP contribution in [0, 0.1) is 0 Å². The molecule has 4 aromatic rings. The first kappa shape index (κ1) is 17.1. The molecule has 4 rings (SSSR count). The highest BCUT2D eigenvalue weighted by Gasteiger charge is 2.11. The molecular formula is C21H17N3O2S. The molecule has 0 aliphatic carbocycles. The van der Waals surface area contributed by atoms with Gasteiger partial charge < -0.3 is 0 Å². The van der Waals surface area contributed by atoms with Gasteiger partial charge in [0, 0.05) is 16.6 Å². The zero-order chi connectivity index (χ0) is 18.7. The Hall–Kier alpha value is -3.38. The summed E-state index contributed by atoms with van der Waals surface area (Å²) in [5, 5.41) is 9.37. The monoisotopic (exact) mass is 375 g/mol. The fourth-order valence-electron chi connectivity index (χ4n) is 2.82. The second kappa shape index (κ2) is 7.09. The number of nitrogens with one attached hydrogen (secondary N) is 2. The molecule has 0 fully saturated rings. The van der Waals surface area contributed by atoms with E-state index in [1.807, 2.05) is 66.7 Å². The van der Waals surface area contributed by atoms with E-state index in [9.17, 15) is 8.42 Å². The van der Waals surface area contributed by atoms with Gasteiger partial charge >= 0.3 is 0 Å². The summed E-state index contributed by atoms with van der Waals surface area (Å²) < 4.78 is 27.4. The van der Waals surface area contributed by atoms with Gasteiger partial charge in [0.1, 0.15) is 0 Å². The number of aromatic nitrogens is 2. The molecule has 0 atom stereocenters. The van der Waals surface area contributed by atoms with Crippen molar-refractivity contribution in [2.45, 2.75) is 0 Å². The average Bonchev–Trinajstić information content (AvgIpc) is 3.11. The lowest BCUT2D eigenvalue weighted by molar-refractivity contribution is 0.609. The molecule has 1 aromatic heterocycles. The minimum Gasteiger partial charge on any atom is -0.280 e. The summed E-state index contributed by atoms with van der Waals surface area (Å²) in [6.07, 6.45) is 1.56. The fourth-order valence-corrected chi connectivity index (χ4v) is 3.68. The molecule has 0 saturated heterocycles. The van der Waals surface area contributed by atoms with Crippen molar-refractivity contribution in [2.75, 3.05) is 4.72 Å². The average molecular weight is 375 g/mol. The Morgan fingerprint density at radius 3 is 2.33 bits per heavy atom. The number of aromatic amines is 1. The van der Waals surface area contributed by atoms with Crippen molar-refractivity contribution in [3.05, 3.63) is 89.8 Å². The Morgan fingerprint density at radius 2 is 1.59 bits per heavy atom. The van der Waals surface area contributed by atoms with Crippen LogP contribution in [-0.4, -0.2) is 18.6 Å². The van der Waals surface area contributed by atoms with Crippen LogP contribution >= 0.6 is 0 Å². The van der Waals surface area contributed by atoms with Crippen LogP contribution < -0.4 is 4.72 Å². The van der Waals surface area contributed by atoms with Crippen molar-refractivity contribution in [1.29, 1.82) is 0 Å². The number of nitrogens with zero attached hydrogens (tertiary/aromatic N) is 1. The maximum absolute atomic E-state index is 12.4. The molecule has 3 aromatic carbocycles. The van der Waals surface area contributed by atoms with Crippen molar-refractivity contribution < 1.29 is 8.42 Å². The highest BCUT2D eigenvalue weighted by atomic mass is 32.2. The van der Waals surface area contributed by atoms with Crippen LogP contribution in [0.4, 0.5) is 5.69 Å². The summed E-state index contributed by atoms with van der Waals surface area (Å²) in [4.78, 5) is 0. The van der Waals surface area contributed by atoms with Gasteiger partial charge in [-0.15, -0.1) is 0 Å². The van der Waals surface area contributed by atoms with Crippen LogP contribution in [0.2, 0.25) is 0 Å². The van der Waals surface area contributed by atoms with Gasteiger partial charge in [0.05, 0.1) is 16.6 Å². The smallest absolute Gasteiger partial charge is 0.255 e. The van der Waals surface area contributed by atoms with Gasteiger partial charge in [-0.2, -0.15) is 5.10 Å². The largest absolute Gasteiger partial charge is 0.280 e. The maximum Gasteiger partial charge on any atom is 0.255 e. The molecule has 6 heteroatoms. The molecule has 0 saturated carbocycles. The molecule has 0 unspecified atom stereocenters. The molecule has 0 spiro atoms. The number of sulfonamides is 1. The predicted molar refractivity (Wildman–Crippen MR) is 110 cm³/mol. The van der Waals surface area contributed by atoms with E-state index in [2.05, 4.69) is 14.9 Å². The van der Waals surface area contributed by atoms with E-state index in [1.165, 1.54) is 5.41 Å². The molecule has 134 valence electrons. The SMILES string of the molecule is O=S(=O)(/C=C/c1ccccc1)Nc1ccc2[nH]nc(-c3ccccc3)c2c1. The summed E-state index contributed by atoms with van der Waals surface area (Å²) in [5.41, 5.74) is 3.90. The van der Waals surface area contributed by atoms with E-state index in [4.69, 9.17) is 0 Å². The van der Waals surface area contributed by atoms with Crippen LogP contribution in [-0.2, 0) is 10.0 Å². The third-order valence-electron chi connectivity index (χ3n) is 4.11. The third-order valence-corrected chi connectivity index (χ3v) is 5.12. The zero-order valence-electron chi connectivity index (χ0n) is 14.3. The van der Waals surface area contributed by atoms with E-state index in [0.29, 0.717) is 5.69 Å². The van der Waals surface area contributed by atoms with E-state index in [1.54, 1.807) is 18.2 Å². The Bertz CT molecular complexity index is 1200. The van der Waals surface area contributed by atoms with Crippen LogP contribution in [0.15, 0.2) is 84.3 Å². The zero-order valence-corrected chi connectivity index (χ0v) is 15.1. The lowest BCUT2D eigenvalue weighted by atomic mass is 10.1. The summed E-state index contributed by atoms with van der Waals surface area (Å²) in [6, 6.07) is 24.4. The minimum atomic E-state index is -3.62. The number of rotatable bonds is 5. The molecule has 0 amide bonds. The maximum atomic E-state index is 12.4. The van der Waals surface area contributed by atoms with E-state index < -0.39 is 10.0 Å². The Labute approximate surface area is 157 Å². The Kier molecular flexibility index (Phi) is 4.48. The summed E-state index contributed by atoms with van der Waals surface area (Å²) in [5.74, 6) is 0. The van der Waals surface area contributed by atoms with Crippen LogP contribution in [0.25, 0.3) is 28.2 Å². The van der Waals surface area contributed by atoms with Gasteiger partial charge in [-0.25, -0.2) is 8.42 Å². The van der Waals surface area contributed by atoms with Crippen molar-refractivity contribution in [1.82, 2.24) is 10.2 Å². The number of hydrogen-bond donors (Lipinski definition) is 2.